The van der Waals surface area contributed by atoms with E-state index in [-0.39, 0.29) is 6.04 Å². The third-order valence-corrected chi connectivity index (χ3v) is 3.65. The Morgan fingerprint density at radius 2 is 2.22 bits per heavy atom. The van der Waals surface area contributed by atoms with Gasteiger partial charge in [0, 0.05) is 10.4 Å². The molecule has 1 unspecified atom stereocenters. The molecule has 2 aromatic rings. The van der Waals surface area contributed by atoms with Crippen LogP contribution in [0.1, 0.15) is 30.6 Å². The molecule has 18 heavy (non-hydrogen) atoms. The van der Waals surface area contributed by atoms with E-state index in [0.29, 0.717) is 0 Å². The van der Waals surface area contributed by atoms with Crippen molar-refractivity contribution in [3.05, 3.63) is 45.9 Å². The summed E-state index contributed by atoms with van der Waals surface area (Å²) in [6, 6.07) is 8.13. The van der Waals surface area contributed by atoms with Crippen molar-refractivity contribution in [2.24, 2.45) is 0 Å². The molecule has 0 bridgehead atoms. The summed E-state index contributed by atoms with van der Waals surface area (Å²) in [6.45, 7) is 3.12. The molecule has 3 nitrogen and oxygen atoms in total. The van der Waals surface area contributed by atoms with Crippen LogP contribution in [0.4, 0.5) is 0 Å². The fourth-order valence-corrected chi connectivity index (χ4v) is 2.53. The van der Waals surface area contributed by atoms with Gasteiger partial charge in [-0.1, -0.05) is 41.2 Å². The molecule has 0 aliphatic carbocycles. The monoisotopic (exact) mass is 281 g/mol. The summed E-state index contributed by atoms with van der Waals surface area (Å²) in [5.74, 6) is 0. The quantitative estimate of drug-likeness (QED) is 0.881. The Labute approximate surface area is 116 Å². The van der Waals surface area contributed by atoms with Crippen LogP contribution in [0.5, 0.6) is 0 Å². The van der Waals surface area contributed by atoms with Gasteiger partial charge in [-0.2, -0.15) is 0 Å². The van der Waals surface area contributed by atoms with Crippen LogP contribution in [0.3, 0.4) is 0 Å². The largest absolute Gasteiger partial charge is 0.308 e. The van der Waals surface area contributed by atoms with Gasteiger partial charge < -0.3 is 5.32 Å². The van der Waals surface area contributed by atoms with Crippen LogP contribution in [-0.2, 0) is 6.42 Å². The maximum Gasteiger partial charge on any atom is 0.0928 e. The van der Waals surface area contributed by atoms with Gasteiger partial charge in [0.25, 0.3) is 0 Å². The van der Waals surface area contributed by atoms with E-state index < -0.39 is 0 Å². The molecule has 1 aromatic carbocycles. The highest BCUT2D eigenvalue weighted by Crippen LogP contribution is 2.22. The van der Waals surface area contributed by atoms with Gasteiger partial charge in [0.1, 0.15) is 0 Å². The average molecular weight is 282 g/mol. The molecule has 96 valence electrons. The summed E-state index contributed by atoms with van der Waals surface area (Å²) in [5, 5.41) is 10.5. The molecule has 0 aliphatic rings. The Kier molecular flexibility index (Phi) is 5.11. The molecule has 1 heterocycles. The first-order chi connectivity index (χ1) is 8.81. The van der Waals surface area contributed by atoms with Gasteiger partial charge in [-0.05, 0) is 42.5 Å². The Morgan fingerprint density at radius 1 is 1.39 bits per heavy atom. The fourth-order valence-electron chi connectivity index (χ4n) is 1.81. The van der Waals surface area contributed by atoms with Crippen LogP contribution in [0.15, 0.2) is 29.6 Å². The van der Waals surface area contributed by atoms with Crippen LogP contribution in [-0.4, -0.2) is 16.1 Å². The maximum atomic E-state index is 6.20. The second kappa shape index (κ2) is 6.83. The molecule has 1 N–H and O–H groups in total. The van der Waals surface area contributed by atoms with Gasteiger partial charge in [-0.25, -0.2) is 0 Å². The lowest BCUT2D eigenvalue weighted by Crippen LogP contribution is -2.24. The topological polar surface area (TPSA) is 37.8 Å². The Balaban J connectivity index is 2.13. The van der Waals surface area contributed by atoms with E-state index in [4.69, 9.17) is 11.6 Å². The number of hydrogen-bond donors (Lipinski definition) is 1. The fraction of sp³-hybridized carbons (Fsp3) is 0.385. The van der Waals surface area contributed by atoms with E-state index in [1.54, 1.807) is 0 Å². The van der Waals surface area contributed by atoms with Crippen LogP contribution < -0.4 is 5.32 Å². The van der Waals surface area contributed by atoms with Crippen LogP contribution in [0.2, 0.25) is 5.02 Å². The van der Waals surface area contributed by atoms with Gasteiger partial charge in [0.2, 0.25) is 0 Å². The zero-order chi connectivity index (χ0) is 12.8. The minimum atomic E-state index is 0.184. The zero-order valence-corrected chi connectivity index (χ0v) is 11.8. The van der Waals surface area contributed by atoms with Gasteiger partial charge in [-0.3, -0.25) is 0 Å². The van der Waals surface area contributed by atoms with Crippen LogP contribution >= 0.6 is 23.1 Å². The summed E-state index contributed by atoms with van der Waals surface area (Å²) >= 11 is 7.58. The van der Waals surface area contributed by atoms with Gasteiger partial charge >= 0.3 is 0 Å². The lowest BCUT2D eigenvalue weighted by Gasteiger charge is -2.16. The van der Waals surface area contributed by atoms with Crippen molar-refractivity contribution in [2.75, 3.05) is 6.54 Å². The number of hydrogen-bond acceptors (Lipinski definition) is 4. The molecule has 5 heteroatoms. The standard InChI is InChI=1S/C13H16ClN3S/c1-2-7-15-12(13-9-18-17-16-13)8-10-5-3-4-6-11(10)14/h3-6,9,12,15H,2,7-8H2,1H3. The average Bonchev–Trinajstić information content (AvgIpc) is 2.90. The number of benzene rings is 1. The van der Waals surface area contributed by atoms with Gasteiger partial charge in [-0.15, -0.1) is 5.10 Å². The lowest BCUT2D eigenvalue weighted by molar-refractivity contribution is 0.517. The SMILES string of the molecule is CCCNC(Cc1ccccc1Cl)c1csnn1. The normalized spacial score (nSPS) is 12.6. The molecule has 1 atom stereocenters. The number of rotatable bonds is 6. The van der Waals surface area contributed by atoms with Crippen molar-refractivity contribution < 1.29 is 0 Å². The predicted molar refractivity (Wildman–Crippen MR) is 76.1 cm³/mol. The van der Waals surface area contributed by atoms with Crippen molar-refractivity contribution >= 4 is 23.1 Å². The highest BCUT2D eigenvalue weighted by molar-refractivity contribution is 7.03. The van der Waals surface area contributed by atoms with E-state index in [0.717, 1.165) is 35.7 Å². The van der Waals surface area contributed by atoms with Crippen molar-refractivity contribution in [2.45, 2.75) is 25.8 Å². The number of aromatic nitrogens is 2. The molecular formula is C13H16ClN3S. The molecule has 0 fully saturated rings. The molecular weight excluding hydrogens is 266 g/mol. The minimum absolute atomic E-state index is 0.184. The summed E-state index contributed by atoms with van der Waals surface area (Å²) in [7, 11) is 0. The van der Waals surface area contributed by atoms with Crippen molar-refractivity contribution in [1.82, 2.24) is 14.9 Å². The van der Waals surface area contributed by atoms with E-state index in [2.05, 4.69) is 27.9 Å². The first-order valence-electron chi connectivity index (χ1n) is 6.05. The highest BCUT2D eigenvalue weighted by Gasteiger charge is 2.15. The second-order valence-electron chi connectivity index (χ2n) is 4.13. The van der Waals surface area contributed by atoms with Crippen LogP contribution in [0, 0.1) is 0 Å². The predicted octanol–water partition coefficient (Wildman–Crippen LogP) is 3.47. The molecule has 0 aliphatic heterocycles. The second-order valence-corrected chi connectivity index (χ2v) is 5.15. The van der Waals surface area contributed by atoms with Crippen molar-refractivity contribution in [3.63, 3.8) is 0 Å². The summed E-state index contributed by atoms with van der Waals surface area (Å²) < 4.78 is 3.93. The number of nitrogens with one attached hydrogen (secondary N) is 1. The summed E-state index contributed by atoms with van der Waals surface area (Å²) in [6.07, 6.45) is 1.93. The Morgan fingerprint density at radius 3 is 2.89 bits per heavy atom. The van der Waals surface area contributed by atoms with Crippen LogP contribution in [0.25, 0.3) is 0 Å². The first kappa shape index (κ1) is 13.5. The van der Waals surface area contributed by atoms with Gasteiger partial charge in [0.15, 0.2) is 0 Å². The molecule has 0 spiro atoms. The molecule has 0 amide bonds. The smallest absolute Gasteiger partial charge is 0.0928 e. The minimum Gasteiger partial charge on any atom is -0.308 e. The first-order valence-corrected chi connectivity index (χ1v) is 7.26. The summed E-state index contributed by atoms with van der Waals surface area (Å²) in [5.41, 5.74) is 2.13. The summed E-state index contributed by atoms with van der Waals surface area (Å²) in [4.78, 5) is 0. The Hall–Kier alpha value is -0.970. The highest BCUT2D eigenvalue weighted by atomic mass is 35.5. The molecule has 1 aromatic heterocycles. The number of halogens is 1. The van der Waals surface area contributed by atoms with Crippen molar-refractivity contribution in [1.29, 1.82) is 0 Å². The maximum absolute atomic E-state index is 6.20. The lowest BCUT2D eigenvalue weighted by atomic mass is 10.0. The van der Waals surface area contributed by atoms with E-state index in [1.807, 2.05) is 23.6 Å². The van der Waals surface area contributed by atoms with E-state index in [1.165, 1.54) is 11.5 Å². The van der Waals surface area contributed by atoms with Crippen molar-refractivity contribution in [3.8, 4) is 0 Å². The van der Waals surface area contributed by atoms with E-state index >= 15 is 0 Å². The van der Waals surface area contributed by atoms with Gasteiger partial charge in [0.05, 0.1) is 11.7 Å². The molecule has 0 saturated heterocycles. The zero-order valence-electron chi connectivity index (χ0n) is 10.3. The third kappa shape index (κ3) is 3.51. The third-order valence-electron chi connectivity index (χ3n) is 2.76. The molecule has 0 saturated carbocycles. The van der Waals surface area contributed by atoms with E-state index in [9.17, 15) is 0 Å². The molecule has 0 radical (unpaired) electrons. The Bertz CT molecular complexity index is 473. The number of nitrogens with zero attached hydrogens (tertiary/aromatic N) is 2. The molecule has 2 rings (SSSR count).